The minimum atomic E-state index is -0.214. The van der Waals surface area contributed by atoms with Crippen molar-refractivity contribution in [3.05, 3.63) is 48.7 Å². The number of piperazine rings is 1. The molecule has 28 heavy (non-hydrogen) atoms. The van der Waals surface area contributed by atoms with E-state index in [0.29, 0.717) is 6.54 Å². The Kier molecular flexibility index (Phi) is 4.81. The maximum Gasteiger partial charge on any atom is 0.191 e. The van der Waals surface area contributed by atoms with Crippen LogP contribution < -0.4 is 14.3 Å². The Bertz CT molecular complexity index is 947. The van der Waals surface area contributed by atoms with Crippen molar-refractivity contribution in [2.45, 2.75) is 13.0 Å². The summed E-state index contributed by atoms with van der Waals surface area (Å²) in [6.07, 6.45) is 2.90. The van der Waals surface area contributed by atoms with Gasteiger partial charge in [-0.25, -0.2) is 4.98 Å². The van der Waals surface area contributed by atoms with Gasteiger partial charge in [-0.2, -0.15) is 0 Å². The molecule has 146 valence electrons. The number of hydrogen-bond acceptors (Lipinski definition) is 4. The molecule has 1 aromatic carbocycles. The van der Waals surface area contributed by atoms with Crippen molar-refractivity contribution in [2.75, 3.05) is 50.1 Å². The highest BCUT2D eigenvalue weighted by molar-refractivity contribution is 5.85. The van der Waals surface area contributed by atoms with E-state index < -0.39 is 0 Å². The van der Waals surface area contributed by atoms with E-state index in [0.717, 1.165) is 47.6 Å². The van der Waals surface area contributed by atoms with Gasteiger partial charge in [0.2, 0.25) is 0 Å². The number of aromatic nitrogens is 2. The number of benzene rings is 1. The number of anilines is 2. The maximum atomic E-state index is 12.0. The second kappa shape index (κ2) is 7.28. The standard InChI is InChI=1S/C22H28N5O/c1-4-27(2,3)20-10-7-11-23-22(20)25-12-13-26(18(15-25)16-28)21-14-17-8-5-6-9-19(17)24-21/h5-11,14,16,18,24H,4,12-13,15H2,1-3H3/q+1. The number of rotatable bonds is 5. The topological polar surface area (TPSA) is 52.2 Å². The van der Waals surface area contributed by atoms with Crippen LogP contribution in [0.15, 0.2) is 48.7 Å². The van der Waals surface area contributed by atoms with Crippen molar-refractivity contribution >= 4 is 34.5 Å². The summed E-state index contributed by atoms with van der Waals surface area (Å²) in [6.45, 7) is 5.38. The predicted octanol–water partition coefficient (Wildman–Crippen LogP) is 3.04. The lowest BCUT2D eigenvalue weighted by atomic mass is 10.1. The van der Waals surface area contributed by atoms with Gasteiger partial charge in [-0.15, -0.1) is 0 Å². The number of aromatic amines is 1. The van der Waals surface area contributed by atoms with Crippen LogP contribution in [0.4, 0.5) is 17.3 Å². The molecule has 1 unspecified atom stereocenters. The van der Waals surface area contributed by atoms with Gasteiger partial charge in [-0.05, 0) is 25.1 Å². The first-order valence-electron chi connectivity index (χ1n) is 9.86. The Morgan fingerprint density at radius 1 is 1.21 bits per heavy atom. The first-order chi connectivity index (χ1) is 13.5. The number of nitrogens with one attached hydrogen (secondary N) is 1. The van der Waals surface area contributed by atoms with E-state index in [4.69, 9.17) is 0 Å². The van der Waals surface area contributed by atoms with Crippen molar-refractivity contribution in [1.29, 1.82) is 0 Å². The van der Waals surface area contributed by atoms with Gasteiger partial charge in [-0.1, -0.05) is 18.2 Å². The van der Waals surface area contributed by atoms with Crippen molar-refractivity contribution in [2.24, 2.45) is 0 Å². The fourth-order valence-corrected chi connectivity index (χ4v) is 3.91. The highest BCUT2D eigenvalue weighted by Gasteiger charge is 2.32. The maximum absolute atomic E-state index is 12.0. The second-order valence-electron chi connectivity index (χ2n) is 7.93. The molecule has 0 saturated carbocycles. The van der Waals surface area contributed by atoms with Crippen molar-refractivity contribution in [1.82, 2.24) is 14.5 Å². The number of hydrogen-bond donors (Lipinski definition) is 1. The Balaban J connectivity index is 1.62. The lowest BCUT2D eigenvalue weighted by Gasteiger charge is -2.41. The number of carbonyl (C=O) groups excluding carboxylic acids is 1. The first kappa shape index (κ1) is 18.5. The third-order valence-corrected chi connectivity index (χ3v) is 5.91. The number of quaternary nitrogens is 1. The Hall–Kier alpha value is -2.86. The summed E-state index contributed by atoms with van der Waals surface area (Å²) in [5, 5.41) is 1.17. The zero-order valence-corrected chi connectivity index (χ0v) is 16.8. The quantitative estimate of drug-likeness (QED) is 0.548. The average Bonchev–Trinajstić information content (AvgIpc) is 3.17. The van der Waals surface area contributed by atoms with Crippen LogP contribution >= 0.6 is 0 Å². The molecular weight excluding hydrogens is 350 g/mol. The number of pyridine rings is 1. The number of carbonyl (C=O) groups is 1. The predicted molar refractivity (Wildman–Crippen MR) is 116 cm³/mol. The lowest BCUT2D eigenvalue weighted by Crippen LogP contribution is -2.55. The van der Waals surface area contributed by atoms with Gasteiger partial charge in [0.15, 0.2) is 11.5 Å². The average molecular weight is 379 g/mol. The van der Waals surface area contributed by atoms with Crippen LogP contribution in [0, 0.1) is 0 Å². The van der Waals surface area contributed by atoms with E-state index in [9.17, 15) is 4.79 Å². The van der Waals surface area contributed by atoms with Crippen LogP contribution in [0.1, 0.15) is 6.92 Å². The molecule has 1 aliphatic rings. The van der Waals surface area contributed by atoms with Gasteiger partial charge < -0.3 is 19.6 Å². The van der Waals surface area contributed by atoms with Gasteiger partial charge in [0, 0.05) is 42.8 Å². The van der Waals surface area contributed by atoms with Crippen LogP contribution in [0.5, 0.6) is 0 Å². The molecule has 0 amide bonds. The number of para-hydroxylation sites is 1. The smallest absolute Gasteiger partial charge is 0.191 e. The normalized spacial score (nSPS) is 17.9. The van der Waals surface area contributed by atoms with Gasteiger partial charge >= 0.3 is 0 Å². The zero-order valence-electron chi connectivity index (χ0n) is 16.8. The molecule has 6 heteroatoms. The summed E-state index contributed by atoms with van der Waals surface area (Å²) in [4.78, 5) is 24.5. The molecule has 0 aliphatic carbocycles. The van der Waals surface area contributed by atoms with Crippen LogP contribution in [-0.2, 0) is 4.79 Å². The first-order valence-corrected chi connectivity index (χ1v) is 9.86. The molecule has 0 radical (unpaired) electrons. The summed E-state index contributed by atoms with van der Waals surface area (Å²) in [5.41, 5.74) is 2.28. The lowest BCUT2D eigenvalue weighted by molar-refractivity contribution is -0.109. The molecule has 6 nitrogen and oxygen atoms in total. The summed E-state index contributed by atoms with van der Waals surface area (Å²) in [7, 11) is 4.39. The summed E-state index contributed by atoms with van der Waals surface area (Å²) in [5.74, 6) is 1.99. The Morgan fingerprint density at radius 2 is 2.04 bits per heavy atom. The molecule has 4 rings (SSSR count). The van der Waals surface area contributed by atoms with Gasteiger partial charge in [0.25, 0.3) is 0 Å². The number of H-pyrrole nitrogens is 1. The monoisotopic (exact) mass is 378 g/mol. The molecule has 2 aromatic heterocycles. The Labute approximate surface area is 166 Å². The van der Waals surface area contributed by atoms with Gasteiger partial charge in [0.1, 0.15) is 18.1 Å². The fourth-order valence-electron chi connectivity index (χ4n) is 3.91. The summed E-state index contributed by atoms with van der Waals surface area (Å²) in [6, 6.07) is 14.3. The van der Waals surface area contributed by atoms with E-state index in [1.165, 1.54) is 11.1 Å². The molecule has 3 heterocycles. The molecule has 1 fully saturated rings. The number of aldehydes is 1. The number of nitrogens with zero attached hydrogens (tertiary/aromatic N) is 4. The van der Waals surface area contributed by atoms with E-state index in [1.807, 2.05) is 24.4 Å². The summed E-state index contributed by atoms with van der Waals surface area (Å²) >= 11 is 0. The van der Waals surface area contributed by atoms with Crippen molar-refractivity contribution in [3.8, 4) is 0 Å². The molecule has 1 saturated heterocycles. The fraction of sp³-hybridized carbons (Fsp3) is 0.364. The Morgan fingerprint density at radius 3 is 2.79 bits per heavy atom. The molecule has 1 atom stereocenters. The van der Waals surface area contributed by atoms with Gasteiger partial charge in [0.05, 0.1) is 20.6 Å². The van der Waals surface area contributed by atoms with Gasteiger partial charge in [-0.3, -0.25) is 4.48 Å². The van der Waals surface area contributed by atoms with Crippen LogP contribution in [0.2, 0.25) is 0 Å². The molecule has 1 N–H and O–H groups in total. The van der Waals surface area contributed by atoms with E-state index in [1.54, 1.807) is 0 Å². The minimum Gasteiger partial charge on any atom is -0.347 e. The molecule has 0 spiro atoms. The molecule has 1 aliphatic heterocycles. The van der Waals surface area contributed by atoms with Crippen molar-refractivity contribution in [3.63, 3.8) is 0 Å². The largest absolute Gasteiger partial charge is 0.347 e. The molecular formula is C22H28N5O+. The number of fused-ring (bicyclic) bond motifs is 1. The third kappa shape index (κ3) is 3.24. The van der Waals surface area contributed by atoms with Crippen LogP contribution in [0.25, 0.3) is 10.9 Å². The molecule has 3 aromatic rings. The third-order valence-electron chi connectivity index (χ3n) is 5.91. The van der Waals surface area contributed by atoms with Crippen LogP contribution in [0.3, 0.4) is 0 Å². The SMILES string of the molecule is CC[N+](C)(C)c1cccnc1N1CCN(c2cc3ccccc3[nH]2)C(C=O)C1. The van der Waals surface area contributed by atoms with E-state index in [-0.39, 0.29) is 6.04 Å². The van der Waals surface area contributed by atoms with Crippen LogP contribution in [-0.4, -0.2) is 62.6 Å². The van der Waals surface area contributed by atoms with E-state index in [2.05, 4.69) is 65.1 Å². The molecule has 0 bridgehead atoms. The highest BCUT2D eigenvalue weighted by atomic mass is 16.1. The minimum absolute atomic E-state index is 0.214. The van der Waals surface area contributed by atoms with Crippen molar-refractivity contribution < 1.29 is 4.79 Å². The highest BCUT2D eigenvalue weighted by Crippen LogP contribution is 2.32. The van der Waals surface area contributed by atoms with E-state index >= 15 is 0 Å². The zero-order chi connectivity index (χ0) is 19.7. The second-order valence-corrected chi connectivity index (χ2v) is 7.93. The summed E-state index contributed by atoms with van der Waals surface area (Å²) < 4.78 is 0.761.